The van der Waals surface area contributed by atoms with Gasteiger partial charge >= 0.3 is 0 Å². The maximum atomic E-state index is 10.8. The van der Waals surface area contributed by atoms with Gasteiger partial charge in [0.1, 0.15) is 0 Å². The molecule has 54 valence electrons. The van der Waals surface area contributed by atoms with Crippen LogP contribution in [0.5, 0.6) is 0 Å². The molecule has 1 rings (SSSR count). The van der Waals surface area contributed by atoms with Crippen molar-refractivity contribution in [3.63, 3.8) is 0 Å². The summed E-state index contributed by atoms with van der Waals surface area (Å²) in [6.07, 6.45) is 7.52. The largest absolute Gasteiger partial charge is 0.504 e. The molecule has 1 N–H and O–H groups in total. The summed E-state index contributed by atoms with van der Waals surface area (Å²) in [5.41, 5.74) is 0. The second-order valence-electron chi connectivity index (χ2n) is 2.29. The fourth-order valence-electron chi connectivity index (χ4n) is 0.851. The van der Waals surface area contributed by atoms with E-state index in [1.807, 2.05) is 0 Å². The van der Waals surface area contributed by atoms with Crippen LogP contribution in [0.4, 0.5) is 0 Å². The summed E-state index contributed by atoms with van der Waals surface area (Å²) in [5, 5.41) is 8.94. The summed E-state index contributed by atoms with van der Waals surface area (Å²) in [6, 6.07) is 0. The first-order valence-electron chi connectivity index (χ1n) is 3.40. The molecule has 0 bridgehead atoms. The van der Waals surface area contributed by atoms with E-state index in [2.05, 4.69) is 0 Å². The molecule has 0 aromatic carbocycles. The second kappa shape index (κ2) is 3.20. The van der Waals surface area contributed by atoms with Crippen LogP contribution in [-0.2, 0) is 4.79 Å². The first kappa shape index (κ1) is 7.06. The van der Waals surface area contributed by atoms with Crippen molar-refractivity contribution >= 4 is 5.78 Å². The number of aliphatic hydroxyl groups is 1. The molecule has 2 heteroatoms. The first-order valence-corrected chi connectivity index (χ1v) is 3.40. The molecular weight excluding hydrogens is 128 g/mol. The van der Waals surface area contributed by atoms with Gasteiger partial charge in [-0.15, -0.1) is 0 Å². The van der Waals surface area contributed by atoms with Crippen LogP contribution < -0.4 is 0 Å². The lowest BCUT2D eigenvalue weighted by Gasteiger charge is -1.98. The van der Waals surface area contributed by atoms with Crippen molar-refractivity contribution in [2.24, 2.45) is 0 Å². The fraction of sp³-hybridized carbons (Fsp3) is 0.375. The Morgan fingerprint density at radius 1 is 1.40 bits per heavy atom. The van der Waals surface area contributed by atoms with E-state index in [4.69, 9.17) is 5.11 Å². The SMILES string of the molecule is O=C1/C=C\CCCC=C1O. The number of hydrogen-bond donors (Lipinski definition) is 1. The monoisotopic (exact) mass is 138 g/mol. The highest BCUT2D eigenvalue weighted by Gasteiger charge is 2.03. The first-order chi connectivity index (χ1) is 4.80. The van der Waals surface area contributed by atoms with Gasteiger partial charge in [-0.2, -0.15) is 0 Å². The highest BCUT2D eigenvalue weighted by atomic mass is 16.3. The number of carbonyl (C=O) groups is 1. The van der Waals surface area contributed by atoms with Gasteiger partial charge in [0.25, 0.3) is 0 Å². The minimum Gasteiger partial charge on any atom is -0.504 e. The van der Waals surface area contributed by atoms with E-state index >= 15 is 0 Å². The Bertz CT molecular complexity index is 189. The minimum absolute atomic E-state index is 0.115. The van der Waals surface area contributed by atoms with Crippen LogP contribution in [0.25, 0.3) is 0 Å². The molecule has 10 heavy (non-hydrogen) atoms. The van der Waals surface area contributed by atoms with Crippen LogP contribution >= 0.6 is 0 Å². The van der Waals surface area contributed by atoms with Crippen molar-refractivity contribution in [1.29, 1.82) is 0 Å². The molecule has 0 amide bonds. The summed E-state index contributed by atoms with van der Waals surface area (Å²) < 4.78 is 0. The minimum atomic E-state index is -0.278. The van der Waals surface area contributed by atoms with E-state index in [1.165, 1.54) is 6.08 Å². The van der Waals surface area contributed by atoms with Gasteiger partial charge in [0.05, 0.1) is 0 Å². The van der Waals surface area contributed by atoms with Crippen molar-refractivity contribution < 1.29 is 9.90 Å². The molecule has 1 aliphatic rings. The second-order valence-corrected chi connectivity index (χ2v) is 2.29. The van der Waals surface area contributed by atoms with Crippen molar-refractivity contribution in [3.05, 3.63) is 24.0 Å². The molecule has 1 aliphatic carbocycles. The summed E-state index contributed by atoms with van der Waals surface area (Å²) in [6.45, 7) is 0. The van der Waals surface area contributed by atoms with Crippen molar-refractivity contribution in [3.8, 4) is 0 Å². The van der Waals surface area contributed by atoms with E-state index in [0.29, 0.717) is 0 Å². The van der Waals surface area contributed by atoms with Gasteiger partial charge in [0, 0.05) is 0 Å². The number of rotatable bonds is 0. The van der Waals surface area contributed by atoms with Gasteiger partial charge in [-0.05, 0) is 31.4 Å². The molecule has 0 radical (unpaired) electrons. The Labute approximate surface area is 59.9 Å². The molecule has 0 aromatic rings. The predicted octanol–water partition coefficient (Wildman–Crippen LogP) is 1.74. The van der Waals surface area contributed by atoms with Gasteiger partial charge in [-0.3, -0.25) is 4.79 Å². The molecular formula is C8H10O2. The third kappa shape index (κ3) is 1.72. The van der Waals surface area contributed by atoms with Crippen molar-refractivity contribution in [1.82, 2.24) is 0 Å². The molecule has 0 unspecified atom stereocenters. The average Bonchev–Trinajstić information content (AvgIpc) is 1.92. The number of allylic oxidation sites excluding steroid dienone is 3. The van der Waals surface area contributed by atoms with Crippen LogP contribution in [0.3, 0.4) is 0 Å². The zero-order chi connectivity index (χ0) is 7.40. The van der Waals surface area contributed by atoms with E-state index in [9.17, 15) is 4.79 Å². The third-order valence-electron chi connectivity index (χ3n) is 1.43. The number of carbonyl (C=O) groups excluding carboxylic acids is 1. The lowest BCUT2D eigenvalue weighted by Crippen LogP contribution is -1.98. The number of aliphatic hydroxyl groups excluding tert-OH is 1. The highest BCUT2D eigenvalue weighted by Crippen LogP contribution is 2.05. The fourth-order valence-corrected chi connectivity index (χ4v) is 0.851. The van der Waals surface area contributed by atoms with E-state index in [0.717, 1.165) is 19.3 Å². The molecule has 0 atom stereocenters. The molecule has 0 aromatic heterocycles. The van der Waals surface area contributed by atoms with Gasteiger partial charge in [-0.25, -0.2) is 0 Å². The Kier molecular flexibility index (Phi) is 2.26. The Balaban J connectivity index is 2.70. The van der Waals surface area contributed by atoms with E-state index in [1.54, 1.807) is 12.2 Å². The van der Waals surface area contributed by atoms with Crippen LogP contribution in [0.15, 0.2) is 24.0 Å². The third-order valence-corrected chi connectivity index (χ3v) is 1.43. The highest BCUT2D eigenvalue weighted by molar-refractivity contribution is 6.01. The maximum absolute atomic E-state index is 10.8. The molecule has 0 saturated heterocycles. The zero-order valence-electron chi connectivity index (χ0n) is 5.71. The zero-order valence-corrected chi connectivity index (χ0v) is 5.71. The maximum Gasteiger partial charge on any atom is 0.219 e. The topological polar surface area (TPSA) is 37.3 Å². The number of hydrogen-bond acceptors (Lipinski definition) is 2. The van der Waals surface area contributed by atoms with E-state index < -0.39 is 0 Å². The Hall–Kier alpha value is -1.05. The number of ketones is 1. The van der Waals surface area contributed by atoms with Crippen molar-refractivity contribution in [2.45, 2.75) is 19.3 Å². The lowest BCUT2D eigenvalue weighted by molar-refractivity contribution is -0.113. The predicted molar refractivity (Wildman–Crippen MR) is 38.7 cm³/mol. The standard InChI is InChI=1S/C8H10O2/c9-7-5-3-1-2-4-6-8(7)10/h3,5-6,10H,1-2,4H2/b5-3-,8-6?. The quantitative estimate of drug-likeness (QED) is 0.553. The Morgan fingerprint density at radius 2 is 2.20 bits per heavy atom. The molecule has 2 nitrogen and oxygen atoms in total. The van der Waals surface area contributed by atoms with Crippen LogP contribution in [-0.4, -0.2) is 10.9 Å². The lowest BCUT2D eigenvalue weighted by atomic mass is 10.1. The summed E-state index contributed by atoms with van der Waals surface area (Å²) in [7, 11) is 0. The van der Waals surface area contributed by atoms with E-state index in [-0.39, 0.29) is 11.5 Å². The molecule has 0 spiro atoms. The average molecular weight is 138 g/mol. The summed E-state index contributed by atoms with van der Waals surface area (Å²) in [4.78, 5) is 10.8. The molecule has 0 heterocycles. The van der Waals surface area contributed by atoms with Gasteiger partial charge < -0.3 is 5.11 Å². The molecule has 0 fully saturated rings. The van der Waals surface area contributed by atoms with Gasteiger partial charge in [0.15, 0.2) is 5.76 Å². The van der Waals surface area contributed by atoms with Crippen LogP contribution in [0.1, 0.15) is 19.3 Å². The summed E-state index contributed by atoms with van der Waals surface area (Å²) >= 11 is 0. The smallest absolute Gasteiger partial charge is 0.219 e. The van der Waals surface area contributed by atoms with Crippen molar-refractivity contribution in [2.75, 3.05) is 0 Å². The molecule has 0 aliphatic heterocycles. The molecule has 0 saturated carbocycles. The van der Waals surface area contributed by atoms with Crippen LogP contribution in [0.2, 0.25) is 0 Å². The van der Waals surface area contributed by atoms with Crippen LogP contribution in [0, 0.1) is 0 Å². The van der Waals surface area contributed by atoms with Gasteiger partial charge in [0.2, 0.25) is 5.78 Å². The summed E-state index contributed by atoms with van der Waals surface area (Å²) in [5.74, 6) is -0.393. The Morgan fingerprint density at radius 3 is 3.00 bits per heavy atom. The normalized spacial score (nSPS) is 22.8. The van der Waals surface area contributed by atoms with Gasteiger partial charge in [-0.1, -0.05) is 6.08 Å².